The van der Waals surface area contributed by atoms with E-state index in [1.807, 2.05) is 41.9 Å². The highest BCUT2D eigenvalue weighted by molar-refractivity contribution is 5.80. The average molecular weight is 329 g/mol. The second-order valence-electron chi connectivity index (χ2n) is 5.60. The first-order valence-electron chi connectivity index (χ1n) is 7.82. The van der Waals surface area contributed by atoms with Crippen LogP contribution in [-0.2, 0) is 25.0 Å². The Morgan fingerprint density at radius 3 is 2.67 bits per heavy atom. The maximum Gasteiger partial charge on any atom is 0.236 e. The molecule has 128 valence electrons. The zero-order valence-corrected chi connectivity index (χ0v) is 14.2. The molecule has 1 heterocycles. The van der Waals surface area contributed by atoms with Gasteiger partial charge in [-0.15, -0.1) is 0 Å². The molecule has 0 bridgehead atoms. The van der Waals surface area contributed by atoms with Gasteiger partial charge in [0.2, 0.25) is 11.3 Å². The summed E-state index contributed by atoms with van der Waals surface area (Å²) in [6.07, 6.45) is 1.67. The van der Waals surface area contributed by atoms with E-state index >= 15 is 0 Å². The van der Waals surface area contributed by atoms with Crippen LogP contribution in [0.4, 0.5) is 0 Å². The zero-order chi connectivity index (χ0) is 17.5. The summed E-state index contributed by atoms with van der Waals surface area (Å²) in [5.74, 6) is 0.215. The number of aromatic nitrogens is 1. The number of hydrogen-bond acceptors (Lipinski definition) is 4. The van der Waals surface area contributed by atoms with E-state index in [4.69, 9.17) is 4.74 Å². The van der Waals surface area contributed by atoms with E-state index < -0.39 is 0 Å². The molecule has 1 aromatic heterocycles. The minimum Gasteiger partial charge on any atom is -0.483 e. The Hall–Kier alpha value is -2.60. The Balaban J connectivity index is 2.02. The molecule has 1 atom stereocenters. The van der Waals surface area contributed by atoms with E-state index in [-0.39, 0.29) is 17.4 Å². The highest BCUT2D eigenvalue weighted by atomic mass is 16.5. The minimum absolute atomic E-state index is 0.0946. The van der Waals surface area contributed by atoms with Gasteiger partial charge < -0.3 is 19.9 Å². The number of likely N-dealkylation sites (N-methyl/N-ethyl adjacent to an activating group) is 1. The number of hydrogen-bond donors (Lipinski definition) is 2. The average Bonchev–Trinajstić information content (AvgIpc) is 2.60. The van der Waals surface area contributed by atoms with E-state index in [0.29, 0.717) is 18.9 Å². The van der Waals surface area contributed by atoms with Gasteiger partial charge in [-0.2, -0.15) is 0 Å². The fourth-order valence-corrected chi connectivity index (χ4v) is 2.23. The van der Waals surface area contributed by atoms with Crippen molar-refractivity contribution in [3.63, 3.8) is 0 Å². The van der Waals surface area contributed by atoms with Crippen molar-refractivity contribution >= 4 is 5.91 Å². The van der Waals surface area contributed by atoms with Gasteiger partial charge in [0.15, 0.2) is 5.75 Å². The Morgan fingerprint density at radius 1 is 1.29 bits per heavy atom. The molecule has 0 aliphatic heterocycles. The van der Waals surface area contributed by atoms with Crippen LogP contribution >= 0.6 is 0 Å². The van der Waals surface area contributed by atoms with E-state index in [1.54, 1.807) is 20.2 Å². The maximum absolute atomic E-state index is 12.2. The lowest BCUT2D eigenvalue weighted by Crippen LogP contribution is -2.40. The Bertz CT molecular complexity index is 741. The molecular weight excluding hydrogens is 306 g/mol. The third-order valence-corrected chi connectivity index (χ3v) is 3.77. The third kappa shape index (κ3) is 4.70. The molecule has 0 fully saturated rings. The molecule has 1 aromatic carbocycles. The normalized spacial score (nSPS) is 11.8. The first kappa shape index (κ1) is 17.7. The summed E-state index contributed by atoms with van der Waals surface area (Å²) in [5.41, 5.74) is 1.61. The molecule has 1 amide bonds. The number of carbonyl (C=O) groups is 1. The van der Waals surface area contributed by atoms with Gasteiger partial charge in [0.1, 0.15) is 6.61 Å². The predicted octanol–water partition coefficient (Wildman–Crippen LogP) is 1.19. The summed E-state index contributed by atoms with van der Waals surface area (Å²) in [5, 5.41) is 5.66. The SMILES string of the molecule is CNC(=O)[C@H](C)NCc1cc(=O)c(OCc2ccccc2)cn1C. The number of rotatable bonds is 7. The van der Waals surface area contributed by atoms with Crippen LogP contribution in [0.25, 0.3) is 0 Å². The number of benzene rings is 1. The number of nitrogens with zero attached hydrogens (tertiary/aromatic N) is 1. The molecule has 0 radical (unpaired) electrons. The molecule has 24 heavy (non-hydrogen) atoms. The van der Waals surface area contributed by atoms with Crippen molar-refractivity contribution in [2.45, 2.75) is 26.1 Å². The van der Waals surface area contributed by atoms with Gasteiger partial charge in [-0.25, -0.2) is 0 Å². The van der Waals surface area contributed by atoms with Crippen LogP contribution in [0.1, 0.15) is 18.2 Å². The number of amides is 1. The largest absolute Gasteiger partial charge is 0.483 e. The van der Waals surface area contributed by atoms with Crippen molar-refractivity contribution in [3.05, 3.63) is 64.1 Å². The molecule has 0 saturated carbocycles. The number of ether oxygens (including phenoxy) is 1. The third-order valence-electron chi connectivity index (χ3n) is 3.77. The summed E-state index contributed by atoms with van der Waals surface area (Å²) in [4.78, 5) is 23.7. The van der Waals surface area contributed by atoms with Gasteiger partial charge in [0, 0.05) is 32.4 Å². The molecule has 2 rings (SSSR count). The van der Waals surface area contributed by atoms with Crippen LogP contribution in [0.15, 0.2) is 47.4 Å². The smallest absolute Gasteiger partial charge is 0.236 e. The summed E-state index contributed by atoms with van der Waals surface area (Å²) < 4.78 is 7.45. The summed E-state index contributed by atoms with van der Waals surface area (Å²) in [6.45, 7) is 2.54. The molecule has 0 unspecified atom stereocenters. The summed E-state index contributed by atoms with van der Waals surface area (Å²) in [6, 6.07) is 10.9. The Labute approximate surface area is 141 Å². The molecule has 0 spiro atoms. The fourth-order valence-electron chi connectivity index (χ4n) is 2.23. The van der Waals surface area contributed by atoms with Gasteiger partial charge in [-0.05, 0) is 12.5 Å². The standard InChI is InChI=1S/C18H23N3O3/c1-13(18(23)19-2)20-10-15-9-16(22)17(11-21(15)3)24-12-14-7-5-4-6-8-14/h4-9,11,13,20H,10,12H2,1-3H3,(H,19,23)/t13-/m0/s1. The second kappa shape index (κ2) is 8.31. The topological polar surface area (TPSA) is 72.4 Å². The van der Waals surface area contributed by atoms with Gasteiger partial charge in [-0.1, -0.05) is 30.3 Å². The lowest BCUT2D eigenvalue weighted by molar-refractivity contribution is -0.122. The molecule has 0 aliphatic carbocycles. The molecule has 6 heteroatoms. The number of pyridine rings is 1. The fraction of sp³-hybridized carbons (Fsp3) is 0.333. The number of nitrogens with one attached hydrogen (secondary N) is 2. The van der Waals surface area contributed by atoms with Crippen LogP contribution in [0, 0.1) is 0 Å². The highest BCUT2D eigenvalue weighted by Crippen LogP contribution is 2.09. The minimum atomic E-state index is -0.334. The van der Waals surface area contributed by atoms with Crippen molar-refractivity contribution in [3.8, 4) is 5.75 Å². The molecule has 2 aromatic rings. The lowest BCUT2D eigenvalue weighted by atomic mass is 10.2. The summed E-state index contributed by atoms with van der Waals surface area (Å²) in [7, 11) is 3.44. The lowest BCUT2D eigenvalue weighted by Gasteiger charge is -2.15. The first-order chi connectivity index (χ1) is 11.5. The van der Waals surface area contributed by atoms with E-state index in [2.05, 4.69) is 10.6 Å². The van der Waals surface area contributed by atoms with Crippen molar-refractivity contribution in [2.75, 3.05) is 7.05 Å². The molecule has 2 N–H and O–H groups in total. The van der Waals surface area contributed by atoms with Gasteiger partial charge in [0.25, 0.3) is 0 Å². The quantitative estimate of drug-likeness (QED) is 0.800. The van der Waals surface area contributed by atoms with Crippen molar-refractivity contribution in [2.24, 2.45) is 7.05 Å². The van der Waals surface area contributed by atoms with Crippen LogP contribution < -0.4 is 20.8 Å². The summed E-state index contributed by atoms with van der Waals surface area (Å²) >= 11 is 0. The van der Waals surface area contributed by atoms with Gasteiger partial charge in [-0.3, -0.25) is 9.59 Å². The van der Waals surface area contributed by atoms with Crippen LogP contribution in [-0.4, -0.2) is 23.6 Å². The number of aryl methyl sites for hydroxylation is 1. The number of carbonyl (C=O) groups excluding carboxylic acids is 1. The first-order valence-corrected chi connectivity index (χ1v) is 7.82. The van der Waals surface area contributed by atoms with Crippen molar-refractivity contribution in [1.29, 1.82) is 0 Å². The Kier molecular flexibility index (Phi) is 6.14. The predicted molar refractivity (Wildman–Crippen MR) is 92.8 cm³/mol. The zero-order valence-electron chi connectivity index (χ0n) is 14.2. The van der Waals surface area contributed by atoms with Crippen molar-refractivity contribution < 1.29 is 9.53 Å². The monoisotopic (exact) mass is 329 g/mol. The van der Waals surface area contributed by atoms with Crippen LogP contribution in [0.5, 0.6) is 5.75 Å². The van der Waals surface area contributed by atoms with Gasteiger partial charge in [0.05, 0.1) is 12.2 Å². The molecular formula is C18H23N3O3. The highest BCUT2D eigenvalue weighted by Gasteiger charge is 2.11. The molecule has 0 aliphatic rings. The molecule has 0 saturated heterocycles. The van der Waals surface area contributed by atoms with Gasteiger partial charge >= 0.3 is 0 Å². The van der Waals surface area contributed by atoms with Crippen LogP contribution in [0.3, 0.4) is 0 Å². The van der Waals surface area contributed by atoms with E-state index in [9.17, 15) is 9.59 Å². The molecule has 6 nitrogen and oxygen atoms in total. The maximum atomic E-state index is 12.2. The van der Waals surface area contributed by atoms with Crippen LogP contribution in [0.2, 0.25) is 0 Å². The van der Waals surface area contributed by atoms with E-state index in [0.717, 1.165) is 11.3 Å². The Morgan fingerprint density at radius 2 is 2.00 bits per heavy atom. The van der Waals surface area contributed by atoms with E-state index in [1.165, 1.54) is 6.07 Å². The second-order valence-corrected chi connectivity index (χ2v) is 5.60. The van der Waals surface area contributed by atoms with Crippen molar-refractivity contribution in [1.82, 2.24) is 15.2 Å².